The Morgan fingerprint density at radius 1 is 1.60 bits per heavy atom. The van der Waals surface area contributed by atoms with Crippen LogP contribution in [0.4, 0.5) is 0 Å². The molecule has 4 heteroatoms. The first kappa shape index (κ1) is 12.3. The van der Waals surface area contributed by atoms with Gasteiger partial charge in [-0.25, -0.2) is 0 Å². The number of furan rings is 1. The maximum atomic E-state index is 11.8. The predicted octanol–water partition coefficient (Wildman–Crippen LogP) is 2.88. The molecule has 0 aliphatic heterocycles. The van der Waals surface area contributed by atoms with E-state index in [1.165, 1.54) is 6.26 Å². The highest BCUT2D eigenvalue weighted by atomic mass is 79.9. The van der Waals surface area contributed by atoms with Gasteiger partial charge in [0.1, 0.15) is 12.0 Å². The molecule has 0 bridgehead atoms. The van der Waals surface area contributed by atoms with Gasteiger partial charge in [0.25, 0.3) is 5.91 Å². The Morgan fingerprint density at radius 2 is 2.27 bits per heavy atom. The van der Waals surface area contributed by atoms with Gasteiger partial charge in [-0.3, -0.25) is 4.79 Å². The summed E-state index contributed by atoms with van der Waals surface area (Å²) < 4.78 is 5.09. The fraction of sp³-hybridized carbons (Fsp3) is 0.545. The van der Waals surface area contributed by atoms with Gasteiger partial charge in [-0.15, -0.1) is 0 Å². The van der Waals surface area contributed by atoms with Crippen molar-refractivity contribution in [2.24, 2.45) is 0 Å². The van der Waals surface area contributed by atoms with Crippen molar-refractivity contribution in [1.29, 1.82) is 0 Å². The maximum absolute atomic E-state index is 11.8. The Morgan fingerprint density at radius 3 is 2.73 bits per heavy atom. The monoisotopic (exact) mass is 273 g/mol. The average Bonchev–Trinajstić information content (AvgIpc) is 2.50. The van der Waals surface area contributed by atoms with E-state index in [9.17, 15) is 4.79 Å². The van der Waals surface area contributed by atoms with Crippen LogP contribution in [0.5, 0.6) is 0 Å². The van der Waals surface area contributed by atoms with E-state index in [1.54, 1.807) is 6.07 Å². The standard InChI is InChI=1S/C11H16BrNO2/c1-8-6-9(7-15-8)10(14)13-11(2,3)4-5-12/h6-7H,4-5H2,1-3H3,(H,13,14). The minimum atomic E-state index is -0.203. The molecule has 1 rings (SSSR count). The van der Waals surface area contributed by atoms with Crippen LogP contribution in [0.2, 0.25) is 0 Å². The lowest BCUT2D eigenvalue weighted by Crippen LogP contribution is -2.43. The third-order valence-corrected chi connectivity index (χ3v) is 2.56. The Bertz CT molecular complexity index is 344. The molecule has 3 nitrogen and oxygen atoms in total. The van der Waals surface area contributed by atoms with Crippen molar-refractivity contribution in [2.45, 2.75) is 32.7 Å². The summed E-state index contributed by atoms with van der Waals surface area (Å²) in [5, 5.41) is 3.82. The van der Waals surface area contributed by atoms with Gasteiger partial charge in [0.2, 0.25) is 0 Å². The normalized spacial score (nSPS) is 11.5. The molecule has 0 aromatic carbocycles. The molecular formula is C11H16BrNO2. The Hall–Kier alpha value is -0.770. The van der Waals surface area contributed by atoms with Crippen LogP contribution in [0.25, 0.3) is 0 Å². The van der Waals surface area contributed by atoms with Crippen LogP contribution in [-0.4, -0.2) is 16.8 Å². The van der Waals surface area contributed by atoms with E-state index in [2.05, 4.69) is 21.2 Å². The highest BCUT2D eigenvalue weighted by Gasteiger charge is 2.21. The molecule has 15 heavy (non-hydrogen) atoms. The van der Waals surface area contributed by atoms with Crippen LogP contribution in [0.15, 0.2) is 16.7 Å². The van der Waals surface area contributed by atoms with Crippen molar-refractivity contribution >= 4 is 21.8 Å². The van der Waals surface area contributed by atoms with E-state index < -0.39 is 0 Å². The number of carbonyl (C=O) groups excluding carboxylic acids is 1. The van der Waals surface area contributed by atoms with E-state index in [0.29, 0.717) is 5.56 Å². The third-order valence-electron chi connectivity index (χ3n) is 2.16. The number of nitrogens with one attached hydrogen (secondary N) is 1. The number of alkyl halides is 1. The number of rotatable bonds is 4. The van der Waals surface area contributed by atoms with Gasteiger partial charge in [-0.05, 0) is 33.3 Å². The molecule has 0 saturated carbocycles. The van der Waals surface area contributed by atoms with Crippen LogP contribution in [0, 0.1) is 6.92 Å². The number of amides is 1. The molecule has 0 atom stereocenters. The summed E-state index contributed by atoms with van der Waals surface area (Å²) >= 11 is 3.37. The Balaban J connectivity index is 2.63. The largest absolute Gasteiger partial charge is 0.469 e. The molecule has 1 amide bonds. The zero-order valence-electron chi connectivity index (χ0n) is 9.26. The number of hydrogen-bond acceptors (Lipinski definition) is 2. The Labute approximate surface area is 98.4 Å². The molecule has 0 radical (unpaired) electrons. The smallest absolute Gasteiger partial charge is 0.254 e. The molecule has 0 aliphatic rings. The fourth-order valence-corrected chi connectivity index (χ4v) is 2.23. The van der Waals surface area contributed by atoms with E-state index in [4.69, 9.17) is 4.42 Å². The van der Waals surface area contributed by atoms with Crippen molar-refractivity contribution in [2.75, 3.05) is 5.33 Å². The molecule has 1 aromatic heterocycles. The number of halogens is 1. The van der Waals surface area contributed by atoms with Crippen molar-refractivity contribution in [3.8, 4) is 0 Å². The topological polar surface area (TPSA) is 42.2 Å². The Kier molecular flexibility index (Phi) is 3.97. The van der Waals surface area contributed by atoms with Gasteiger partial charge in [0.05, 0.1) is 5.56 Å². The highest BCUT2D eigenvalue weighted by Crippen LogP contribution is 2.13. The molecule has 1 heterocycles. The molecule has 84 valence electrons. The predicted molar refractivity (Wildman–Crippen MR) is 63.4 cm³/mol. The minimum absolute atomic E-state index is 0.0854. The van der Waals surface area contributed by atoms with Crippen LogP contribution in [0.1, 0.15) is 36.4 Å². The summed E-state index contributed by atoms with van der Waals surface area (Å²) in [4.78, 5) is 11.8. The summed E-state index contributed by atoms with van der Waals surface area (Å²) in [7, 11) is 0. The van der Waals surface area contributed by atoms with E-state index in [0.717, 1.165) is 17.5 Å². The van der Waals surface area contributed by atoms with Gasteiger partial charge in [0.15, 0.2) is 0 Å². The van der Waals surface area contributed by atoms with E-state index in [-0.39, 0.29) is 11.4 Å². The van der Waals surface area contributed by atoms with Gasteiger partial charge in [-0.1, -0.05) is 15.9 Å². The zero-order chi connectivity index (χ0) is 11.5. The zero-order valence-corrected chi connectivity index (χ0v) is 10.8. The van der Waals surface area contributed by atoms with Crippen LogP contribution in [-0.2, 0) is 0 Å². The van der Waals surface area contributed by atoms with E-state index >= 15 is 0 Å². The summed E-state index contributed by atoms with van der Waals surface area (Å²) in [6.45, 7) is 5.82. The van der Waals surface area contributed by atoms with Gasteiger partial charge in [-0.2, -0.15) is 0 Å². The highest BCUT2D eigenvalue weighted by molar-refractivity contribution is 9.09. The molecule has 0 spiro atoms. The second-order valence-electron chi connectivity index (χ2n) is 4.22. The van der Waals surface area contributed by atoms with Gasteiger partial charge < -0.3 is 9.73 Å². The second-order valence-corrected chi connectivity index (χ2v) is 5.02. The minimum Gasteiger partial charge on any atom is -0.469 e. The second kappa shape index (κ2) is 4.84. The molecular weight excluding hydrogens is 258 g/mol. The van der Waals surface area contributed by atoms with Gasteiger partial charge >= 0.3 is 0 Å². The van der Waals surface area contributed by atoms with Crippen molar-refractivity contribution < 1.29 is 9.21 Å². The SMILES string of the molecule is Cc1cc(C(=O)NC(C)(C)CCBr)co1. The summed E-state index contributed by atoms with van der Waals surface area (Å²) in [5.41, 5.74) is 0.376. The lowest BCUT2D eigenvalue weighted by molar-refractivity contribution is 0.0911. The summed E-state index contributed by atoms with van der Waals surface area (Å²) in [6.07, 6.45) is 2.37. The number of aryl methyl sites for hydroxylation is 1. The molecule has 1 aromatic rings. The first-order chi connectivity index (χ1) is 6.94. The molecule has 1 N–H and O–H groups in total. The van der Waals surface area contributed by atoms with Crippen LogP contribution in [0.3, 0.4) is 0 Å². The first-order valence-corrected chi connectivity index (χ1v) is 6.00. The maximum Gasteiger partial charge on any atom is 0.254 e. The summed E-state index contributed by atoms with van der Waals surface area (Å²) in [6, 6.07) is 1.74. The number of carbonyl (C=O) groups is 1. The third kappa shape index (κ3) is 3.70. The van der Waals surface area contributed by atoms with Gasteiger partial charge in [0, 0.05) is 10.9 Å². The van der Waals surface area contributed by atoms with Crippen molar-refractivity contribution in [3.63, 3.8) is 0 Å². The first-order valence-electron chi connectivity index (χ1n) is 4.88. The average molecular weight is 274 g/mol. The lowest BCUT2D eigenvalue weighted by Gasteiger charge is -2.24. The summed E-state index contributed by atoms with van der Waals surface area (Å²) in [5.74, 6) is 0.663. The molecule has 0 fully saturated rings. The van der Waals surface area contributed by atoms with Crippen molar-refractivity contribution in [1.82, 2.24) is 5.32 Å². The van der Waals surface area contributed by atoms with E-state index in [1.807, 2.05) is 20.8 Å². The van der Waals surface area contributed by atoms with Crippen LogP contribution >= 0.6 is 15.9 Å². The molecule has 0 saturated heterocycles. The van der Waals surface area contributed by atoms with Crippen molar-refractivity contribution in [3.05, 3.63) is 23.7 Å². The fourth-order valence-electron chi connectivity index (χ4n) is 1.24. The van der Waals surface area contributed by atoms with Crippen LogP contribution < -0.4 is 5.32 Å². The quantitative estimate of drug-likeness (QED) is 0.858. The molecule has 0 unspecified atom stereocenters. The number of hydrogen-bond donors (Lipinski definition) is 1. The lowest BCUT2D eigenvalue weighted by atomic mass is 10.0. The molecule has 0 aliphatic carbocycles.